The number of amides is 4. The maximum atomic E-state index is 13.3. The van der Waals surface area contributed by atoms with Gasteiger partial charge in [0.05, 0.1) is 9.88 Å². The van der Waals surface area contributed by atoms with E-state index in [0.717, 1.165) is 30.6 Å². The Kier molecular flexibility index (Phi) is 10.4. The number of nitrogens with one attached hydrogen (secondary N) is 4. The van der Waals surface area contributed by atoms with Crippen molar-refractivity contribution in [1.82, 2.24) is 25.5 Å². The van der Waals surface area contributed by atoms with Gasteiger partial charge in [0.15, 0.2) is 5.01 Å². The first-order valence-corrected chi connectivity index (χ1v) is 15.1. The van der Waals surface area contributed by atoms with Crippen molar-refractivity contribution in [1.29, 1.82) is 0 Å². The first kappa shape index (κ1) is 31.5. The number of hydrogen-bond acceptors (Lipinski definition) is 8. The van der Waals surface area contributed by atoms with E-state index >= 15 is 0 Å². The molecule has 4 unspecified atom stereocenters. The zero-order valence-corrected chi connectivity index (χ0v) is 24.8. The summed E-state index contributed by atoms with van der Waals surface area (Å²) in [5.41, 5.74) is -0.708. The van der Waals surface area contributed by atoms with Crippen molar-refractivity contribution < 1.29 is 24.0 Å². The van der Waals surface area contributed by atoms with E-state index in [1.54, 1.807) is 13.0 Å². The van der Waals surface area contributed by atoms with Crippen molar-refractivity contribution >= 4 is 59.1 Å². The van der Waals surface area contributed by atoms with E-state index in [2.05, 4.69) is 39.4 Å². The molecule has 0 aromatic carbocycles. The minimum atomic E-state index is -1.29. The second-order valence-electron chi connectivity index (χ2n) is 10.8. The Hall–Kier alpha value is -4.39. The Morgan fingerprint density at radius 2 is 2.00 bits per heavy atom. The number of thiazole rings is 1. The predicted molar refractivity (Wildman–Crippen MR) is 162 cm³/mol. The fraction of sp³-hybridized carbons (Fsp3) is 0.433. The lowest BCUT2D eigenvalue weighted by Crippen LogP contribution is -2.45. The van der Waals surface area contributed by atoms with E-state index in [-0.39, 0.29) is 48.6 Å². The number of ketones is 1. The molecule has 13 heteroatoms. The molecular weight excluding hydrogens is 572 g/mol. The number of carbonyl (C=O) groups is 5. The number of rotatable bonds is 13. The molecule has 4 rings (SSSR count). The Morgan fingerprint density at radius 3 is 2.67 bits per heavy atom. The lowest BCUT2D eigenvalue weighted by Gasteiger charge is -2.23. The van der Waals surface area contributed by atoms with Crippen LogP contribution >= 0.6 is 11.3 Å². The van der Waals surface area contributed by atoms with Crippen molar-refractivity contribution in [2.75, 3.05) is 11.9 Å². The molecule has 4 amide bonds. The molecule has 2 saturated carbocycles. The van der Waals surface area contributed by atoms with Crippen LogP contribution < -0.4 is 36.7 Å². The Balaban J connectivity index is 1.46. The maximum Gasteiger partial charge on any atom is 0.287 e. The first-order valence-electron chi connectivity index (χ1n) is 14.3. The van der Waals surface area contributed by atoms with Crippen LogP contribution in [0.25, 0.3) is 12.7 Å². The van der Waals surface area contributed by atoms with Gasteiger partial charge in [0.1, 0.15) is 18.3 Å². The molecule has 2 fully saturated rings. The van der Waals surface area contributed by atoms with Crippen LogP contribution in [-0.4, -0.2) is 57.6 Å². The zero-order valence-electron chi connectivity index (χ0n) is 24.0. The van der Waals surface area contributed by atoms with Gasteiger partial charge in [0.2, 0.25) is 17.6 Å². The maximum absolute atomic E-state index is 13.3. The monoisotopic (exact) mass is 608 g/mol. The van der Waals surface area contributed by atoms with Gasteiger partial charge in [-0.3, -0.25) is 28.8 Å². The highest BCUT2D eigenvalue weighted by Crippen LogP contribution is 2.44. The number of anilines is 1. The molecular formula is C30H36N6O6S. The van der Waals surface area contributed by atoms with E-state index in [1.807, 2.05) is 0 Å². The van der Waals surface area contributed by atoms with Crippen LogP contribution in [0.3, 0.4) is 0 Å². The number of fused-ring (bicyclic) bond motifs is 2. The predicted octanol–water partition coefficient (Wildman–Crippen LogP) is 0.209. The molecule has 0 saturated heterocycles. The van der Waals surface area contributed by atoms with Gasteiger partial charge in [-0.25, -0.2) is 4.98 Å². The average Bonchev–Trinajstić information content (AvgIpc) is 3.69. The summed E-state index contributed by atoms with van der Waals surface area (Å²) in [7, 11) is 0. The second-order valence-corrected chi connectivity index (χ2v) is 11.8. The highest BCUT2D eigenvalue weighted by Gasteiger charge is 2.40. The van der Waals surface area contributed by atoms with Gasteiger partial charge in [0.25, 0.3) is 17.4 Å². The van der Waals surface area contributed by atoms with Crippen molar-refractivity contribution in [3.63, 3.8) is 0 Å². The Labute approximate surface area is 252 Å². The average molecular weight is 609 g/mol. The van der Waals surface area contributed by atoms with E-state index in [4.69, 9.17) is 0 Å². The summed E-state index contributed by atoms with van der Waals surface area (Å²) in [6.07, 6.45) is 8.49. The summed E-state index contributed by atoms with van der Waals surface area (Å²) < 4.78 is 1.81. The summed E-state index contributed by atoms with van der Waals surface area (Å²) in [5.74, 6) is -2.15. The quantitative estimate of drug-likeness (QED) is 0.236. The van der Waals surface area contributed by atoms with E-state index in [0.29, 0.717) is 21.7 Å². The summed E-state index contributed by atoms with van der Waals surface area (Å²) in [5, 5.41) is 10.9. The summed E-state index contributed by atoms with van der Waals surface area (Å²) in [4.78, 5) is 80.6. The smallest absolute Gasteiger partial charge is 0.287 e. The Morgan fingerprint density at radius 1 is 1.21 bits per heavy atom. The largest absolute Gasteiger partial charge is 0.352 e. The third-order valence-electron chi connectivity index (χ3n) is 7.74. The second kappa shape index (κ2) is 14.2. The van der Waals surface area contributed by atoms with E-state index in [9.17, 15) is 28.8 Å². The van der Waals surface area contributed by atoms with Gasteiger partial charge in [-0.05, 0) is 62.7 Å². The molecule has 2 aliphatic carbocycles. The van der Waals surface area contributed by atoms with Gasteiger partial charge >= 0.3 is 0 Å². The minimum absolute atomic E-state index is 0.0366. The van der Waals surface area contributed by atoms with Crippen LogP contribution in [0.15, 0.2) is 35.8 Å². The molecule has 2 aliphatic rings. The molecule has 4 atom stereocenters. The zero-order chi connectivity index (χ0) is 31.1. The molecule has 2 bridgehead atoms. The van der Waals surface area contributed by atoms with E-state index in [1.165, 1.54) is 35.4 Å². The molecule has 2 heterocycles. The number of aromatic nitrogens is 2. The Bertz CT molecular complexity index is 1600. The summed E-state index contributed by atoms with van der Waals surface area (Å²) in [6.45, 7) is 9.12. The number of Topliss-reactive ketones (excluding diaryl/α,β-unsaturated/α-hetero) is 1. The molecule has 0 spiro atoms. The molecule has 0 aliphatic heterocycles. The van der Waals surface area contributed by atoms with Gasteiger partial charge in [-0.2, -0.15) is 0 Å². The minimum Gasteiger partial charge on any atom is -0.352 e. The van der Waals surface area contributed by atoms with Crippen molar-refractivity contribution in [3.05, 3.63) is 56.2 Å². The number of carbonyl (C=O) groups excluding carboxylic acids is 5. The number of allylic oxidation sites excluding steroid dienone is 1. The SMILES string of the molecule is C=C/C=c1/sc(C(=O)NC(CCC(=O)C(=O)NCC)C(=O)Nc2cccn(CC(=O)NC3CC4CCC3C4)c2=O)nc1=C. The van der Waals surface area contributed by atoms with Gasteiger partial charge < -0.3 is 25.8 Å². The van der Waals surface area contributed by atoms with Crippen LogP contribution in [0.4, 0.5) is 5.69 Å². The van der Waals surface area contributed by atoms with Gasteiger partial charge in [-0.1, -0.05) is 25.7 Å². The van der Waals surface area contributed by atoms with Crippen LogP contribution in [0.5, 0.6) is 0 Å². The molecule has 43 heavy (non-hydrogen) atoms. The number of hydrogen-bond donors (Lipinski definition) is 4. The fourth-order valence-corrected chi connectivity index (χ4v) is 6.48. The third-order valence-corrected chi connectivity index (χ3v) is 8.80. The van der Waals surface area contributed by atoms with Crippen LogP contribution in [0.1, 0.15) is 55.3 Å². The van der Waals surface area contributed by atoms with E-state index < -0.39 is 35.1 Å². The molecule has 2 aromatic heterocycles. The lowest BCUT2D eigenvalue weighted by atomic mass is 9.95. The molecule has 12 nitrogen and oxygen atoms in total. The number of likely N-dealkylation sites (N-methyl/N-ethyl adjacent to an activating group) is 1. The first-order chi connectivity index (χ1) is 20.6. The fourth-order valence-electron chi connectivity index (χ4n) is 5.64. The van der Waals surface area contributed by atoms with Crippen molar-refractivity contribution in [2.24, 2.45) is 11.8 Å². The highest BCUT2D eigenvalue weighted by molar-refractivity contribution is 7.11. The molecule has 228 valence electrons. The summed E-state index contributed by atoms with van der Waals surface area (Å²) in [6, 6.07) is 1.75. The topological polar surface area (TPSA) is 168 Å². The third kappa shape index (κ3) is 7.92. The molecule has 4 N–H and O–H groups in total. The van der Waals surface area contributed by atoms with Crippen molar-refractivity contribution in [2.45, 2.75) is 64.1 Å². The lowest BCUT2D eigenvalue weighted by molar-refractivity contribution is -0.138. The van der Waals surface area contributed by atoms with Crippen molar-refractivity contribution in [3.8, 4) is 0 Å². The number of nitrogens with zero attached hydrogens (tertiary/aromatic N) is 2. The van der Waals surface area contributed by atoms with Gasteiger partial charge in [0, 0.05) is 25.2 Å². The van der Waals surface area contributed by atoms with Crippen LogP contribution in [-0.2, 0) is 25.7 Å². The molecule has 2 aromatic rings. The normalized spacial score (nSPS) is 19.8. The molecule has 0 radical (unpaired) electrons. The van der Waals surface area contributed by atoms with Crippen LogP contribution in [0, 0.1) is 11.8 Å². The number of pyridine rings is 1. The summed E-state index contributed by atoms with van der Waals surface area (Å²) >= 11 is 1.04. The highest BCUT2D eigenvalue weighted by atomic mass is 32.1. The standard InChI is InChI=1S/C30H36N6O6S/c1-4-7-24-17(3)32-29(43-24)28(41)34-20(11-12-23(37)27(40)31-5-2)26(39)35-21-8-6-13-36(30(21)42)16-25(38)33-22-15-18-9-10-19(22)14-18/h4,6-8,13,18-20,22H,1,3,5,9-12,14-16H2,2H3,(H,31,40)(H,33,38)(H,34,41)(H,35,39)/b24-7+. The van der Waals surface area contributed by atoms with Gasteiger partial charge in [-0.15, -0.1) is 11.3 Å². The van der Waals surface area contributed by atoms with Crippen LogP contribution in [0.2, 0.25) is 0 Å².